The molecule has 2 aliphatic rings. The number of hydrogen-bond donors (Lipinski definition) is 0. The summed E-state index contributed by atoms with van der Waals surface area (Å²) in [7, 11) is 0. The molecule has 36 heavy (non-hydrogen) atoms. The predicted octanol–water partition coefficient (Wildman–Crippen LogP) is 9.98. The van der Waals surface area contributed by atoms with Gasteiger partial charge in [-0.05, 0) is 0 Å². The number of rotatable bonds is 11. The van der Waals surface area contributed by atoms with Crippen LogP contribution < -0.4 is 3.58 Å². The molecule has 0 unspecified atom stereocenters. The van der Waals surface area contributed by atoms with Crippen LogP contribution in [0, 0.1) is 6.08 Å². The molecular weight excluding hydrogens is 539 g/mol. The van der Waals surface area contributed by atoms with Crippen LogP contribution in [0.5, 0.6) is 0 Å². The molecule has 0 N–H and O–H groups in total. The summed E-state index contributed by atoms with van der Waals surface area (Å²) in [6.45, 7) is 7.16. The summed E-state index contributed by atoms with van der Waals surface area (Å²) >= 11 is -2.75. The molecule has 3 aromatic rings. The monoisotopic (exact) mass is 581 g/mol. The van der Waals surface area contributed by atoms with Gasteiger partial charge in [0.25, 0.3) is 0 Å². The van der Waals surface area contributed by atoms with Crippen molar-refractivity contribution in [2.45, 2.75) is 79.0 Å². The van der Waals surface area contributed by atoms with Crippen LogP contribution in [-0.2, 0) is 6.42 Å². The quantitative estimate of drug-likeness (QED) is 0.156. The minimum atomic E-state index is -2.75. The van der Waals surface area contributed by atoms with Crippen molar-refractivity contribution in [3.63, 3.8) is 0 Å². The van der Waals surface area contributed by atoms with Crippen LogP contribution in [0.4, 0.5) is 0 Å². The molecular formula is C35H41Sn+. The summed E-state index contributed by atoms with van der Waals surface area (Å²) in [4.78, 5) is 0. The molecule has 0 amide bonds. The fraction of sp³-hybridized carbons (Fsp3) is 0.371. The van der Waals surface area contributed by atoms with Crippen LogP contribution in [-0.4, -0.2) is 18.4 Å². The summed E-state index contributed by atoms with van der Waals surface area (Å²) in [5.74, 6) is 0. The van der Waals surface area contributed by atoms with E-state index in [-0.39, 0.29) is 0 Å². The van der Waals surface area contributed by atoms with Crippen LogP contribution in [0.2, 0.25) is 13.3 Å². The van der Waals surface area contributed by atoms with E-state index >= 15 is 0 Å². The Morgan fingerprint density at radius 1 is 0.806 bits per heavy atom. The summed E-state index contributed by atoms with van der Waals surface area (Å²) in [6.07, 6.45) is 23.9. The Bertz CT molecular complexity index is 1280. The molecule has 0 atom stereocenters. The van der Waals surface area contributed by atoms with E-state index in [4.69, 9.17) is 0 Å². The fourth-order valence-electron chi connectivity index (χ4n) is 6.64. The normalized spacial score (nSPS) is 13.8. The van der Waals surface area contributed by atoms with Crippen molar-refractivity contribution in [2.75, 3.05) is 0 Å². The zero-order valence-electron chi connectivity index (χ0n) is 22.5. The standard InChI is InChI=1S/C23H14.3C4H9.Sn/c1-2-7-16(8-3-1)20-13-14-22-19-11-5-4-9-17(19)15-18-10-6-12-21(20)23(18)22;3*1-3-4-2;/h1-4,6-11,14-15H,12H2;3*1,3-4H2,2H3;/q+1;;;;. The number of hydrogen-bond acceptors (Lipinski definition) is 0. The summed E-state index contributed by atoms with van der Waals surface area (Å²) in [5.41, 5.74) is 8.77. The number of benzene rings is 3. The molecule has 0 nitrogen and oxygen atoms in total. The topological polar surface area (TPSA) is 0 Å². The van der Waals surface area contributed by atoms with Gasteiger partial charge >= 0.3 is 224 Å². The number of fused-ring (bicyclic) bond motifs is 2. The number of unbranched alkanes of at least 4 members (excludes halogenated alkanes) is 3. The van der Waals surface area contributed by atoms with Crippen LogP contribution in [0.15, 0.2) is 54.6 Å². The van der Waals surface area contributed by atoms with E-state index in [0.29, 0.717) is 0 Å². The van der Waals surface area contributed by atoms with E-state index < -0.39 is 18.4 Å². The van der Waals surface area contributed by atoms with Crippen LogP contribution >= 0.6 is 0 Å². The fourth-order valence-corrected chi connectivity index (χ4v) is 23.5. The molecule has 3 aromatic carbocycles. The molecule has 0 radical (unpaired) electrons. The van der Waals surface area contributed by atoms with Gasteiger partial charge in [-0.15, -0.1) is 0 Å². The molecule has 0 heterocycles. The second-order valence-corrected chi connectivity index (χ2v) is 24.0. The van der Waals surface area contributed by atoms with Crippen LogP contribution in [0.1, 0.15) is 81.5 Å². The second-order valence-electron chi connectivity index (χ2n) is 10.9. The second kappa shape index (κ2) is 11.5. The first kappa shape index (κ1) is 25.5. The van der Waals surface area contributed by atoms with Crippen LogP contribution in [0.3, 0.4) is 0 Å². The summed E-state index contributed by atoms with van der Waals surface area (Å²) < 4.78 is 6.31. The molecule has 0 fully saturated rings. The van der Waals surface area contributed by atoms with Crippen molar-refractivity contribution < 1.29 is 0 Å². The van der Waals surface area contributed by atoms with Gasteiger partial charge in [0.1, 0.15) is 0 Å². The third-order valence-corrected chi connectivity index (χ3v) is 24.1. The van der Waals surface area contributed by atoms with E-state index in [1.165, 1.54) is 84.9 Å². The molecule has 5 rings (SSSR count). The van der Waals surface area contributed by atoms with Crippen molar-refractivity contribution in [2.24, 2.45) is 0 Å². The van der Waals surface area contributed by atoms with E-state index in [9.17, 15) is 0 Å². The Morgan fingerprint density at radius 2 is 1.50 bits per heavy atom. The molecule has 2 aliphatic carbocycles. The van der Waals surface area contributed by atoms with Crippen molar-refractivity contribution in [3.05, 3.63) is 82.9 Å². The van der Waals surface area contributed by atoms with E-state index in [0.717, 1.165) is 6.42 Å². The van der Waals surface area contributed by atoms with Gasteiger partial charge in [-0.1, -0.05) is 0 Å². The maximum atomic E-state index is 3.41. The Morgan fingerprint density at radius 3 is 2.17 bits per heavy atom. The van der Waals surface area contributed by atoms with Gasteiger partial charge in [0.05, 0.1) is 0 Å². The third kappa shape index (κ3) is 4.75. The molecule has 0 saturated carbocycles. The Kier molecular flexibility index (Phi) is 8.14. The van der Waals surface area contributed by atoms with Crippen molar-refractivity contribution in [1.82, 2.24) is 0 Å². The van der Waals surface area contributed by atoms with E-state index in [1.807, 2.05) is 3.58 Å². The Balaban J connectivity index is 1.89. The molecule has 184 valence electrons. The van der Waals surface area contributed by atoms with Gasteiger partial charge in [-0.2, -0.15) is 0 Å². The SMILES string of the molecule is CCC[CH2][Sn]([CH2]CCC)([CH2]CCC)[c]1cc2c3c(cc4c2c(c1-c1ccccc1)CC=C4)C=C[C+]=C3. The van der Waals surface area contributed by atoms with Crippen molar-refractivity contribution >= 4 is 51.0 Å². The van der Waals surface area contributed by atoms with Gasteiger partial charge in [-0.3, -0.25) is 0 Å². The van der Waals surface area contributed by atoms with Crippen molar-refractivity contribution in [1.29, 1.82) is 0 Å². The van der Waals surface area contributed by atoms with Crippen molar-refractivity contribution in [3.8, 4) is 11.1 Å². The molecule has 0 aromatic heterocycles. The average Bonchev–Trinajstić information content (AvgIpc) is 2.93. The first-order chi connectivity index (χ1) is 17.7. The molecule has 0 spiro atoms. The van der Waals surface area contributed by atoms with Gasteiger partial charge in [0.2, 0.25) is 0 Å². The van der Waals surface area contributed by atoms with Gasteiger partial charge in [0, 0.05) is 0 Å². The molecule has 0 bridgehead atoms. The summed E-state index contributed by atoms with van der Waals surface area (Å²) in [6, 6.07) is 16.6. The molecule has 1 heteroatoms. The Labute approximate surface area is 223 Å². The van der Waals surface area contributed by atoms with Gasteiger partial charge < -0.3 is 0 Å². The third-order valence-electron chi connectivity index (χ3n) is 8.50. The molecule has 0 saturated heterocycles. The zero-order chi connectivity index (χ0) is 25.0. The van der Waals surface area contributed by atoms with Gasteiger partial charge in [-0.25, -0.2) is 0 Å². The van der Waals surface area contributed by atoms with E-state index in [2.05, 4.69) is 99.7 Å². The average molecular weight is 580 g/mol. The summed E-state index contributed by atoms with van der Waals surface area (Å²) in [5, 5.41) is 2.98. The Hall–Kier alpha value is -2.15. The first-order valence-corrected chi connectivity index (χ1v) is 21.9. The number of allylic oxidation sites excluding steroid dienone is 3. The van der Waals surface area contributed by atoms with Gasteiger partial charge in [0.15, 0.2) is 0 Å². The zero-order valence-corrected chi connectivity index (χ0v) is 25.4. The molecule has 0 aliphatic heterocycles. The predicted molar refractivity (Wildman–Crippen MR) is 163 cm³/mol. The minimum absolute atomic E-state index is 1.04. The maximum absolute atomic E-state index is 3.41. The first-order valence-electron chi connectivity index (χ1n) is 14.4. The van der Waals surface area contributed by atoms with E-state index in [1.54, 1.807) is 11.1 Å². The van der Waals surface area contributed by atoms with Crippen LogP contribution in [0.25, 0.3) is 40.1 Å².